The molecule has 0 fully saturated rings. The van der Waals surface area contributed by atoms with Gasteiger partial charge in [-0.25, -0.2) is 4.79 Å². The van der Waals surface area contributed by atoms with Crippen molar-refractivity contribution in [2.75, 3.05) is 12.3 Å². The molecule has 0 aliphatic heterocycles. The molecule has 0 radical (unpaired) electrons. The minimum absolute atomic E-state index is 0.184. The smallest absolute Gasteiger partial charge is 0.367 e. The van der Waals surface area contributed by atoms with Gasteiger partial charge in [0.15, 0.2) is 0 Å². The summed E-state index contributed by atoms with van der Waals surface area (Å²) in [6.45, 7) is -1.00. The molecule has 2 amide bonds. The van der Waals surface area contributed by atoms with E-state index in [1.54, 1.807) is 0 Å². The van der Waals surface area contributed by atoms with Crippen LogP contribution >= 0.6 is 11.8 Å². The molecule has 1 aromatic rings. The van der Waals surface area contributed by atoms with Crippen molar-refractivity contribution in [2.45, 2.75) is 31.5 Å². The number of amides is 2. The van der Waals surface area contributed by atoms with Crippen molar-refractivity contribution in [3.8, 4) is 0 Å². The maximum atomic E-state index is 12.2. The van der Waals surface area contributed by atoms with Crippen molar-refractivity contribution in [1.29, 1.82) is 0 Å². The van der Waals surface area contributed by atoms with E-state index in [1.165, 1.54) is 24.3 Å². The van der Waals surface area contributed by atoms with Crippen LogP contribution in [0.5, 0.6) is 0 Å². The van der Waals surface area contributed by atoms with E-state index in [0.29, 0.717) is 17.3 Å². The lowest BCUT2D eigenvalue weighted by Crippen LogP contribution is -2.49. The van der Waals surface area contributed by atoms with E-state index < -0.39 is 52.6 Å². The summed E-state index contributed by atoms with van der Waals surface area (Å²) in [5.41, 5.74) is 5.49. The second kappa shape index (κ2) is 13.6. The highest BCUT2D eigenvalue weighted by molar-refractivity contribution is 8.13. The normalized spacial score (nSPS) is 12.2. The van der Waals surface area contributed by atoms with Crippen molar-refractivity contribution in [1.82, 2.24) is 10.6 Å². The van der Waals surface area contributed by atoms with Gasteiger partial charge in [0.2, 0.25) is 11.8 Å². The second-order valence-corrected chi connectivity index (χ2v) is 7.45. The van der Waals surface area contributed by atoms with Crippen LogP contribution < -0.4 is 16.4 Å². The van der Waals surface area contributed by atoms with Crippen LogP contribution in [0.15, 0.2) is 24.3 Å². The summed E-state index contributed by atoms with van der Waals surface area (Å²) in [5, 5.41) is 31.7. The number of nitrogens with zero attached hydrogens (tertiary/aromatic N) is 1. The lowest BCUT2D eigenvalue weighted by molar-refractivity contribution is -0.384. The number of carboxylic acid groups (broad SMARTS) is 2. The van der Waals surface area contributed by atoms with Crippen LogP contribution in [0.1, 0.15) is 18.4 Å². The van der Waals surface area contributed by atoms with Crippen molar-refractivity contribution < 1.29 is 43.8 Å². The number of nitrogens with one attached hydrogen (secondary N) is 2. The summed E-state index contributed by atoms with van der Waals surface area (Å²) in [6, 6.07) is 2.81. The van der Waals surface area contributed by atoms with Gasteiger partial charge in [-0.3, -0.25) is 29.3 Å². The number of aliphatic carboxylic acids is 2. The van der Waals surface area contributed by atoms with Gasteiger partial charge >= 0.3 is 17.2 Å². The number of nitro benzene ring substituents is 1. The van der Waals surface area contributed by atoms with Crippen LogP contribution in [0, 0.1) is 10.1 Å². The van der Waals surface area contributed by atoms with Crippen LogP contribution in [0.2, 0.25) is 0 Å². The largest absolute Gasteiger partial charge is 0.480 e. The molecule has 6 N–H and O–H groups in total. The molecule has 0 aliphatic carbocycles. The molecule has 0 aliphatic rings. The van der Waals surface area contributed by atoms with Crippen LogP contribution in [-0.2, 0) is 30.5 Å². The summed E-state index contributed by atoms with van der Waals surface area (Å²) < 4.78 is 4.98. The number of hydrogen-bond donors (Lipinski definition) is 5. The van der Waals surface area contributed by atoms with Crippen LogP contribution in [-0.4, -0.2) is 68.6 Å². The third kappa shape index (κ3) is 10.9. The summed E-state index contributed by atoms with van der Waals surface area (Å²) >= 11 is 0.511. The number of benzene rings is 1. The zero-order valence-electron chi connectivity index (χ0n) is 17.1. The predicted octanol–water partition coefficient (Wildman–Crippen LogP) is -0.158. The fourth-order valence-electron chi connectivity index (χ4n) is 2.24. The molecule has 0 unspecified atom stereocenters. The number of carboxylic acids is 2. The molecule has 0 aromatic heterocycles. The number of ether oxygens (including phenoxy) is 1. The van der Waals surface area contributed by atoms with E-state index in [2.05, 4.69) is 10.6 Å². The average Bonchev–Trinajstić information content (AvgIpc) is 2.77. The molecule has 1 aromatic carbocycles. The molecule has 33 heavy (non-hydrogen) atoms. The molecular weight excluding hydrogens is 464 g/mol. The van der Waals surface area contributed by atoms with E-state index in [-0.39, 0.29) is 30.9 Å². The number of carbonyl (C=O) groups excluding carboxylic acids is 3. The van der Waals surface area contributed by atoms with Gasteiger partial charge < -0.3 is 31.3 Å². The maximum Gasteiger partial charge on any atom is 0.367 e. The first-order valence-corrected chi connectivity index (χ1v) is 10.3. The topological polar surface area (TPSA) is 228 Å². The molecule has 0 heterocycles. The first-order valence-electron chi connectivity index (χ1n) is 9.29. The van der Waals surface area contributed by atoms with E-state index in [1.807, 2.05) is 0 Å². The molecule has 2 atom stereocenters. The van der Waals surface area contributed by atoms with E-state index in [4.69, 9.17) is 20.7 Å². The van der Waals surface area contributed by atoms with Crippen LogP contribution in [0.3, 0.4) is 0 Å². The summed E-state index contributed by atoms with van der Waals surface area (Å²) in [5.74, 6) is -4.57. The van der Waals surface area contributed by atoms with E-state index >= 15 is 0 Å². The van der Waals surface area contributed by atoms with Crippen molar-refractivity contribution in [2.24, 2.45) is 5.73 Å². The fraction of sp³-hybridized carbons (Fsp3) is 0.389. The minimum Gasteiger partial charge on any atom is -0.480 e. The van der Waals surface area contributed by atoms with E-state index in [0.717, 1.165) is 0 Å². The Morgan fingerprint density at radius 3 is 2.52 bits per heavy atom. The quantitative estimate of drug-likeness (QED) is 0.139. The molecular formula is C18H22N4O10S. The average molecular weight is 486 g/mol. The highest BCUT2D eigenvalue weighted by atomic mass is 32.2. The number of thioether (sulfide) groups is 1. The number of nitrogens with two attached hydrogens (primary N) is 1. The molecule has 0 saturated heterocycles. The van der Waals surface area contributed by atoms with Gasteiger partial charge in [-0.1, -0.05) is 12.1 Å². The third-order valence-electron chi connectivity index (χ3n) is 3.91. The first kappa shape index (κ1) is 27.3. The Hall–Kier alpha value is -3.72. The summed E-state index contributed by atoms with van der Waals surface area (Å²) in [7, 11) is 0. The second-order valence-electron chi connectivity index (χ2n) is 6.49. The Balaban J connectivity index is 2.65. The maximum absolute atomic E-state index is 12.2. The Labute approximate surface area is 191 Å². The lowest BCUT2D eigenvalue weighted by atomic mass is 10.1. The van der Waals surface area contributed by atoms with Gasteiger partial charge in [0, 0.05) is 24.3 Å². The van der Waals surface area contributed by atoms with Crippen molar-refractivity contribution >= 4 is 46.5 Å². The predicted molar refractivity (Wildman–Crippen MR) is 113 cm³/mol. The van der Waals surface area contributed by atoms with Gasteiger partial charge in [0.25, 0.3) is 5.69 Å². The third-order valence-corrected chi connectivity index (χ3v) is 4.76. The molecule has 0 saturated carbocycles. The molecule has 15 heteroatoms. The molecule has 14 nitrogen and oxygen atoms in total. The highest BCUT2D eigenvalue weighted by Gasteiger charge is 2.24. The zero-order valence-corrected chi connectivity index (χ0v) is 17.9. The SMILES string of the molecule is N[C@H](CCC(=O)N[C@@H](CSC(=O)OCc1cccc([N+](=O)[O-])c1)C(=O)NCC(=O)O)C(=O)O. The number of nitro groups is 1. The Morgan fingerprint density at radius 2 is 1.91 bits per heavy atom. The van der Waals surface area contributed by atoms with Crippen LogP contribution in [0.25, 0.3) is 0 Å². The summed E-state index contributed by atoms with van der Waals surface area (Å²) in [4.78, 5) is 67.8. The molecule has 0 bridgehead atoms. The number of carbonyl (C=O) groups is 5. The Kier molecular flexibility index (Phi) is 11.3. The fourth-order valence-corrected chi connectivity index (χ4v) is 2.92. The van der Waals surface area contributed by atoms with Crippen LogP contribution in [0.4, 0.5) is 10.5 Å². The number of non-ortho nitro benzene ring substituents is 1. The summed E-state index contributed by atoms with van der Waals surface area (Å²) in [6.07, 6.45) is -0.527. The van der Waals surface area contributed by atoms with E-state index in [9.17, 15) is 34.1 Å². The monoisotopic (exact) mass is 486 g/mol. The van der Waals surface area contributed by atoms with Gasteiger partial charge in [0.1, 0.15) is 25.2 Å². The lowest BCUT2D eigenvalue weighted by Gasteiger charge is -2.17. The number of hydrogen-bond acceptors (Lipinski definition) is 10. The van der Waals surface area contributed by atoms with Gasteiger partial charge in [-0.15, -0.1) is 0 Å². The van der Waals surface area contributed by atoms with Crippen molar-refractivity contribution in [3.63, 3.8) is 0 Å². The number of rotatable bonds is 13. The zero-order chi connectivity index (χ0) is 25.0. The van der Waals surface area contributed by atoms with Crippen molar-refractivity contribution in [3.05, 3.63) is 39.9 Å². The molecule has 180 valence electrons. The molecule has 0 spiro atoms. The minimum atomic E-state index is -1.33. The highest BCUT2D eigenvalue weighted by Crippen LogP contribution is 2.16. The standard InChI is InChI=1S/C18H22N4O10S/c19-12(17(27)28)4-5-14(23)21-13(16(26)20-7-15(24)25)9-33-18(29)32-8-10-2-1-3-11(6-10)22(30)31/h1-3,6,12-13H,4-5,7-9,19H2,(H,20,26)(H,21,23)(H,24,25)(H,27,28)/t12-,13+/m1/s1. The van der Waals surface area contributed by atoms with Gasteiger partial charge in [-0.05, 0) is 23.7 Å². The van der Waals surface area contributed by atoms with Gasteiger partial charge in [0.05, 0.1) is 4.92 Å². The van der Waals surface area contributed by atoms with Gasteiger partial charge in [-0.2, -0.15) is 0 Å². The Morgan fingerprint density at radius 1 is 1.21 bits per heavy atom. The molecule has 1 rings (SSSR count). The first-order chi connectivity index (χ1) is 15.5. The Bertz CT molecular complexity index is 910.